The van der Waals surface area contributed by atoms with Crippen LogP contribution < -0.4 is 0 Å². The fraction of sp³-hybridized carbons (Fsp3) is 0.846. The average molecular weight is 471 g/mol. The Kier molecular flexibility index (Phi) is 16.1. The molecule has 7 nitrogen and oxygen atoms in total. The Labute approximate surface area is 200 Å². The Balaban J connectivity index is 2.84. The van der Waals surface area contributed by atoms with Crippen molar-refractivity contribution in [3.8, 4) is 0 Å². The van der Waals surface area contributed by atoms with Gasteiger partial charge in [0, 0.05) is 38.2 Å². The van der Waals surface area contributed by atoms with Crippen molar-refractivity contribution in [3.63, 3.8) is 0 Å². The molecule has 1 rings (SSSR count). The van der Waals surface area contributed by atoms with E-state index in [0.717, 1.165) is 44.9 Å². The standard InChI is InChI=1S/C26H46O7/c1-5-8-9-12-21(28)15-16-23-22(13-10-11-14-26(29)31-7-3)25(33-20(4)27)19-24(23)32-18-17-30-6-2/h15-16,21-25,28H,5-14,17-19H2,1-4H3/b16-15+/t21-,22+,23+,24+,25-/m0/s1. The molecule has 1 N–H and O–H groups in total. The summed E-state index contributed by atoms with van der Waals surface area (Å²) < 4.78 is 22.2. The molecule has 0 unspecified atom stereocenters. The van der Waals surface area contributed by atoms with Crippen LogP contribution >= 0.6 is 0 Å². The lowest BCUT2D eigenvalue weighted by molar-refractivity contribution is -0.148. The van der Waals surface area contributed by atoms with Gasteiger partial charge < -0.3 is 24.1 Å². The molecule has 0 aliphatic heterocycles. The molecule has 1 saturated carbocycles. The smallest absolute Gasteiger partial charge is 0.305 e. The Hall–Kier alpha value is -1.44. The number of hydrogen-bond donors (Lipinski definition) is 1. The van der Waals surface area contributed by atoms with Gasteiger partial charge in [-0.25, -0.2) is 0 Å². The van der Waals surface area contributed by atoms with E-state index in [1.807, 2.05) is 13.0 Å². The van der Waals surface area contributed by atoms with Crippen LogP contribution in [0.15, 0.2) is 12.2 Å². The van der Waals surface area contributed by atoms with Crippen LogP contribution in [0.25, 0.3) is 0 Å². The number of hydrogen-bond acceptors (Lipinski definition) is 7. The summed E-state index contributed by atoms with van der Waals surface area (Å²) in [6.07, 6.45) is 10.4. The van der Waals surface area contributed by atoms with E-state index in [4.69, 9.17) is 18.9 Å². The molecule has 1 aliphatic carbocycles. The second-order valence-corrected chi connectivity index (χ2v) is 8.73. The third-order valence-corrected chi connectivity index (χ3v) is 6.08. The third kappa shape index (κ3) is 12.6. The Morgan fingerprint density at radius 3 is 2.48 bits per heavy atom. The predicted octanol–water partition coefficient (Wildman–Crippen LogP) is 4.60. The molecule has 0 amide bonds. The van der Waals surface area contributed by atoms with Crippen molar-refractivity contribution in [2.75, 3.05) is 26.4 Å². The normalized spacial score (nSPS) is 23.7. The summed E-state index contributed by atoms with van der Waals surface area (Å²) in [7, 11) is 0. The number of aliphatic hydroxyl groups excluding tert-OH is 1. The van der Waals surface area contributed by atoms with Crippen molar-refractivity contribution in [1.82, 2.24) is 0 Å². The highest BCUT2D eigenvalue weighted by Crippen LogP contribution is 2.40. The van der Waals surface area contributed by atoms with Crippen LogP contribution in [0, 0.1) is 11.8 Å². The summed E-state index contributed by atoms with van der Waals surface area (Å²) >= 11 is 0. The molecular formula is C26H46O7. The van der Waals surface area contributed by atoms with Crippen molar-refractivity contribution in [1.29, 1.82) is 0 Å². The molecule has 0 aromatic rings. The molecule has 0 aromatic carbocycles. The van der Waals surface area contributed by atoms with Crippen LogP contribution in [0.5, 0.6) is 0 Å². The van der Waals surface area contributed by atoms with Crippen molar-refractivity contribution in [3.05, 3.63) is 12.2 Å². The minimum absolute atomic E-state index is 0.0272. The van der Waals surface area contributed by atoms with Gasteiger partial charge in [-0.1, -0.05) is 44.8 Å². The van der Waals surface area contributed by atoms with Crippen LogP contribution in [0.1, 0.15) is 85.5 Å². The Bertz CT molecular complexity index is 563. The van der Waals surface area contributed by atoms with Gasteiger partial charge in [-0.15, -0.1) is 0 Å². The van der Waals surface area contributed by atoms with Crippen molar-refractivity contribution < 1.29 is 33.6 Å². The zero-order valence-electron chi connectivity index (χ0n) is 21.1. The SMILES string of the molecule is CCCCC[C@H](O)/C=C/[C@@H]1[C@@H](CCCCC(=O)OCC)[C@@H](OC(C)=O)C[C@H]1OCCOCC. The topological polar surface area (TPSA) is 91.3 Å². The molecule has 0 aromatic heterocycles. The molecule has 1 fully saturated rings. The molecule has 5 atom stereocenters. The fourth-order valence-corrected chi connectivity index (χ4v) is 4.50. The first kappa shape index (κ1) is 29.6. The first-order chi connectivity index (χ1) is 15.9. The maximum Gasteiger partial charge on any atom is 0.305 e. The zero-order chi connectivity index (χ0) is 24.5. The van der Waals surface area contributed by atoms with E-state index in [-0.39, 0.29) is 36.0 Å². The quantitative estimate of drug-likeness (QED) is 0.178. The maximum atomic E-state index is 11.8. The first-order valence-electron chi connectivity index (χ1n) is 12.8. The summed E-state index contributed by atoms with van der Waals surface area (Å²) in [4.78, 5) is 23.4. The molecule has 0 radical (unpaired) electrons. The van der Waals surface area contributed by atoms with E-state index in [0.29, 0.717) is 39.3 Å². The van der Waals surface area contributed by atoms with E-state index in [9.17, 15) is 14.7 Å². The molecular weight excluding hydrogens is 424 g/mol. The van der Waals surface area contributed by atoms with Gasteiger partial charge in [-0.05, 0) is 33.1 Å². The van der Waals surface area contributed by atoms with Gasteiger partial charge >= 0.3 is 11.9 Å². The van der Waals surface area contributed by atoms with Crippen molar-refractivity contribution in [2.24, 2.45) is 11.8 Å². The average Bonchev–Trinajstić information content (AvgIpc) is 3.08. The monoisotopic (exact) mass is 470 g/mol. The summed E-state index contributed by atoms with van der Waals surface area (Å²) in [5.41, 5.74) is 0. The van der Waals surface area contributed by atoms with Crippen molar-refractivity contribution >= 4 is 11.9 Å². The predicted molar refractivity (Wildman–Crippen MR) is 128 cm³/mol. The fourth-order valence-electron chi connectivity index (χ4n) is 4.50. The van der Waals surface area contributed by atoms with E-state index in [1.165, 1.54) is 6.92 Å². The van der Waals surface area contributed by atoms with E-state index < -0.39 is 6.10 Å². The van der Waals surface area contributed by atoms with Crippen molar-refractivity contribution in [2.45, 2.75) is 104 Å². The second kappa shape index (κ2) is 18.0. The highest BCUT2D eigenvalue weighted by Gasteiger charge is 2.44. The molecule has 1 aliphatic rings. The highest BCUT2D eigenvalue weighted by molar-refractivity contribution is 5.69. The summed E-state index contributed by atoms with van der Waals surface area (Å²) in [6, 6.07) is 0. The van der Waals surface area contributed by atoms with Crippen LogP contribution in [0.4, 0.5) is 0 Å². The minimum atomic E-state index is -0.488. The van der Waals surface area contributed by atoms with Gasteiger partial charge in [0.2, 0.25) is 0 Å². The molecule has 7 heteroatoms. The van der Waals surface area contributed by atoms with Gasteiger partial charge in [-0.3, -0.25) is 9.59 Å². The first-order valence-corrected chi connectivity index (χ1v) is 12.8. The van der Waals surface area contributed by atoms with E-state index in [1.54, 1.807) is 6.92 Å². The zero-order valence-corrected chi connectivity index (χ0v) is 21.1. The Morgan fingerprint density at radius 2 is 1.82 bits per heavy atom. The molecule has 0 spiro atoms. The van der Waals surface area contributed by atoms with Crippen LogP contribution in [-0.2, 0) is 28.5 Å². The highest BCUT2D eigenvalue weighted by atomic mass is 16.6. The lowest BCUT2D eigenvalue weighted by atomic mass is 9.87. The molecule has 0 bridgehead atoms. The minimum Gasteiger partial charge on any atom is -0.466 e. The second-order valence-electron chi connectivity index (χ2n) is 8.73. The summed E-state index contributed by atoms with van der Waals surface area (Å²) in [6.45, 7) is 9.36. The van der Waals surface area contributed by atoms with Gasteiger partial charge in [0.1, 0.15) is 6.10 Å². The largest absolute Gasteiger partial charge is 0.466 e. The molecule has 0 heterocycles. The summed E-state index contributed by atoms with van der Waals surface area (Å²) in [5, 5.41) is 10.4. The van der Waals surface area contributed by atoms with E-state index in [2.05, 4.69) is 13.0 Å². The van der Waals surface area contributed by atoms with Crippen LogP contribution in [0.2, 0.25) is 0 Å². The number of ether oxygens (including phenoxy) is 4. The lowest BCUT2D eigenvalue weighted by Gasteiger charge is -2.24. The molecule has 192 valence electrons. The number of carbonyl (C=O) groups is 2. The number of carbonyl (C=O) groups excluding carboxylic acids is 2. The number of esters is 2. The van der Waals surface area contributed by atoms with Crippen LogP contribution in [-0.4, -0.2) is 61.8 Å². The van der Waals surface area contributed by atoms with E-state index >= 15 is 0 Å². The van der Waals surface area contributed by atoms with Crippen LogP contribution in [0.3, 0.4) is 0 Å². The van der Waals surface area contributed by atoms with Gasteiger partial charge in [0.05, 0.1) is 32.0 Å². The number of unbranched alkanes of at least 4 members (excludes halogenated alkanes) is 3. The third-order valence-electron chi connectivity index (χ3n) is 6.08. The van der Waals surface area contributed by atoms with Gasteiger partial charge in [0.15, 0.2) is 0 Å². The van der Waals surface area contributed by atoms with Gasteiger partial charge in [0.25, 0.3) is 0 Å². The van der Waals surface area contributed by atoms with Gasteiger partial charge in [-0.2, -0.15) is 0 Å². The molecule has 0 saturated heterocycles. The number of rotatable bonds is 18. The summed E-state index contributed by atoms with van der Waals surface area (Å²) in [5.74, 6) is -0.371. The lowest BCUT2D eigenvalue weighted by Crippen LogP contribution is -2.25. The Morgan fingerprint density at radius 1 is 1.03 bits per heavy atom. The maximum absolute atomic E-state index is 11.8. The molecule has 33 heavy (non-hydrogen) atoms. The number of aliphatic hydroxyl groups is 1.